The van der Waals surface area contributed by atoms with Gasteiger partial charge in [0.2, 0.25) is 0 Å². The third-order valence-electron chi connectivity index (χ3n) is 2.51. The van der Waals surface area contributed by atoms with Crippen LogP contribution in [0.4, 0.5) is 8.78 Å². The van der Waals surface area contributed by atoms with Crippen molar-refractivity contribution >= 4 is 0 Å². The van der Waals surface area contributed by atoms with Crippen LogP contribution < -0.4 is 5.32 Å². The van der Waals surface area contributed by atoms with Gasteiger partial charge in [0.1, 0.15) is 0 Å². The van der Waals surface area contributed by atoms with Crippen LogP contribution in [0, 0.1) is 0 Å². The first-order chi connectivity index (χ1) is 7.67. The molecule has 0 amide bonds. The normalized spacial score (nSPS) is 13.1. The van der Waals surface area contributed by atoms with Gasteiger partial charge in [-0.2, -0.15) is 0 Å². The fourth-order valence-electron chi connectivity index (χ4n) is 1.44. The van der Waals surface area contributed by atoms with Gasteiger partial charge in [-0.3, -0.25) is 0 Å². The summed E-state index contributed by atoms with van der Waals surface area (Å²) < 4.78 is 24.8. The predicted octanol–water partition coefficient (Wildman–Crippen LogP) is 2.48. The Morgan fingerprint density at radius 2 is 2.12 bits per heavy atom. The Labute approximate surface area is 94.3 Å². The zero-order valence-electron chi connectivity index (χ0n) is 9.29. The van der Waals surface area contributed by atoms with Gasteiger partial charge in [-0.25, -0.2) is 8.78 Å². The first kappa shape index (κ1) is 13.1. The van der Waals surface area contributed by atoms with Gasteiger partial charge >= 0.3 is 0 Å². The summed E-state index contributed by atoms with van der Waals surface area (Å²) in [6.07, 6.45) is -1.62. The number of aliphatic hydroxyl groups is 1. The molecule has 0 aliphatic heterocycles. The molecule has 2 nitrogen and oxygen atoms in total. The summed E-state index contributed by atoms with van der Waals surface area (Å²) in [4.78, 5) is 0. The highest BCUT2D eigenvalue weighted by molar-refractivity contribution is 5.24. The van der Waals surface area contributed by atoms with E-state index in [-0.39, 0.29) is 18.2 Å². The number of alkyl halides is 2. The summed E-state index contributed by atoms with van der Waals surface area (Å²) >= 11 is 0. The van der Waals surface area contributed by atoms with Crippen LogP contribution in [0.3, 0.4) is 0 Å². The third-order valence-corrected chi connectivity index (χ3v) is 2.51. The fourth-order valence-corrected chi connectivity index (χ4v) is 1.44. The molecule has 0 spiro atoms. The first-order valence-corrected chi connectivity index (χ1v) is 5.38. The molecule has 90 valence electrons. The van der Waals surface area contributed by atoms with Crippen LogP contribution in [0.2, 0.25) is 0 Å². The van der Waals surface area contributed by atoms with Gasteiger partial charge in [0.15, 0.2) is 0 Å². The Hall–Kier alpha value is -1.00. The van der Waals surface area contributed by atoms with E-state index in [2.05, 4.69) is 5.32 Å². The molecule has 0 fully saturated rings. The van der Waals surface area contributed by atoms with Gasteiger partial charge in [0, 0.05) is 18.2 Å². The molecular formula is C12H17F2NO. The summed E-state index contributed by atoms with van der Waals surface area (Å²) in [5, 5.41) is 12.1. The highest BCUT2D eigenvalue weighted by atomic mass is 19.3. The quantitative estimate of drug-likeness (QED) is 0.785. The lowest BCUT2D eigenvalue weighted by Crippen LogP contribution is -2.31. The highest BCUT2D eigenvalue weighted by Gasteiger charge is 2.08. The van der Waals surface area contributed by atoms with Gasteiger partial charge in [-0.15, -0.1) is 0 Å². The Kier molecular flexibility index (Phi) is 5.35. The minimum Gasteiger partial charge on any atom is -0.395 e. The van der Waals surface area contributed by atoms with Crippen molar-refractivity contribution in [3.8, 4) is 0 Å². The standard InChI is InChI=1S/C12H17F2NO/c1-2-11(8-16)15-7-9-4-3-5-10(6-9)12(13)14/h3-6,11-12,15-16H,2,7-8H2,1H3. The van der Waals surface area contributed by atoms with E-state index in [1.165, 1.54) is 12.1 Å². The van der Waals surface area contributed by atoms with Gasteiger partial charge in [0.05, 0.1) is 6.61 Å². The molecule has 0 radical (unpaired) electrons. The zero-order chi connectivity index (χ0) is 12.0. The number of hydrogen-bond acceptors (Lipinski definition) is 2. The van der Waals surface area contributed by atoms with Gasteiger partial charge < -0.3 is 10.4 Å². The van der Waals surface area contributed by atoms with Crippen molar-refractivity contribution in [2.45, 2.75) is 32.4 Å². The number of halogens is 2. The van der Waals surface area contributed by atoms with Crippen LogP contribution >= 0.6 is 0 Å². The van der Waals surface area contributed by atoms with Crippen molar-refractivity contribution in [3.63, 3.8) is 0 Å². The van der Waals surface area contributed by atoms with Crippen LogP contribution in [0.15, 0.2) is 24.3 Å². The molecule has 1 unspecified atom stereocenters. The van der Waals surface area contributed by atoms with E-state index in [0.717, 1.165) is 12.0 Å². The zero-order valence-corrected chi connectivity index (χ0v) is 9.29. The molecule has 16 heavy (non-hydrogen) atoms. The molecule has 0 heterocycles. The van der Waals surface area contributed by atoms with Crippen LogP contribution in [-0.4, -0.2) is 17.8 Å². The fraction of sp³-hybridized carbons (Fsp3) is 0.500. The summed E-state index contributed by atoms with van der Waals surface area (Å²) in [5.74, 6) is 0. The summed E-state index contributed by atoms with van der Waals surface area (Å²) in [6, 6.07) is 6.34. The molecular weight excluding hydrogens is 212 g/mol. The molecule has 2 N–H and O–H groups in total. The summed E-state index contributed by atoms with van der Waals surface area (Å²) in [7, 11) is 0. The molecule has 1 atom stereocenters. The second-order valence-electron chi connectivity index (χ2n) is 3.71. The van der Waals surface area contributed by atoms with Crippen LogP contribution in [-0.2, 0) is 6.54 Å². The minimum absolute atomic E-state index is 0.0233. The van der Waals surface area contributed by atoms with E-state index < -0.39 is 6.43 Å². The van der Waals surface area contributed by atoms with Crippen molar-refractivity contribution in [1.82, 2.24) is 5.32 Å². The number of aliphatic hydroxyl groups excluding tert-OH is 1. The van der Waals surface area contributed by atoms with Crippen molar-refractivity contribution in [1.29, 1.82) is 0 Å². The topological polar surface area (TPSA) is 32.3 Å². The van der Waals surface area contributed by atoms with Crippen LogP contribution in [0.1, 0.15) is 30.9 Å². The lowest BCUT2D eigenvalue weighted by atomic mass is 10.1. The van der Waals surface area contributed by atoms with E-state index in [0.29, 0.717) is 6.54 Å². The van der Waals surface area contributed by atoms with E-state index in [1.807, 2.05) is 6.92 Å². The van der Waals surface area contributed by atoms with E-state index in [4.69, 9.17) is 5.11 Å². The molecule has 0 aromatic heterocycles. The molecule has 0 aliphatic carbocycles. The predicted molar refractivity (Wildman–Crippen MR) is 59.4 cm³/mol. The third kappa shape index (κ3) is 3.87. The van der Waals surface area contributed by atoms with E-state index in [9.17, 15) is 8.78 Å². The molecule has 0 saturated heterocycles. The minimum atomic E-state index is -2.43. The first-order valence-electron chi connectivity index (χ1n) is 5.38. The van der Waals surface area contributed by atoms with Gasteiger partial charge in [-0.05, 0) is 18.1 Å². The molecule has 4 heteroatoms. The van der Waals surface area contributed by atoms with Crippen LogP contribution in [0.25, 0.3) is 0 Å². The van der Waals surface area contributed by atoms with Gasteiger partial charge in [0.25, 0.3) is 6.43 Å². The van der Waals surface area contributed by atoms with Crippen LogP contribution in [0.5, 0.6) is 0 Å². The van der Waals surface area contributed by atoms with E-state index >= 15 is 0 Å². The average molecular weight is 229 g/mol. The van der Waals surface area contributed by atoms with Gasteiger partial charge in [-0.1, -0.05) is 25.1 Å². The molecule has 1 aromatic rings. The molecule has 0 saturated carbocycles. The molecule has 1 aromatic carbocycles. The smallest absolute Gasteiger partial charge is 0.263 e. The highest BCUT2D eigenvalue weighted by Crippen LogP contribution is 2.19. The number of hydrogen-bond donors (Lipinski definition) is 2. The van der Waals surface area contributed by atoms with Crippen molar-refractivity contribution in [2.24, 2.45) is 0 Å². The van der Waals surface area contributed by atoms with Crippen molar-refractivity contribution < 1.29 is 13.9 Å². The molecule has 0 bridgehead atoms. The Balaban J connectivity index is 2.56. The van der Waals surface area contributed by atoms with E-state index in [1.54, 1.807) is 12.1 Å². The van der Waals surface area contributed by atoms with Crippen molar-refractivity contribution in [3.05, 3.63) is 35.4 Å². The monoisotopic (exact) mass is 229 g/mol. The second-order valence-corrected chi connectivity index (χ2v) is 3.71. The maximum absolute atomic E-state index is 12.4. The number of nitrogens with one attached hydrogen (secondary N) is 1. The average Bonchev–Trinajstić information content (AvgIpc) is 2.31. The SMILES string of the molecule is CCC(CO)NCc1cccc(C(F)F)c1. The number of benzene rings is 1. The summed E-state index contributed by atoms with van der Waals surface area (Å²) in [6.45, 7) is 2.52. The second kappa shape index (κ2) is 6.55. The Morgan fingerprint density at radius 3 is 2.69 bits per heavy atom. The Morgan fingerprint density at radius 1 is 1.38 bits per heavy atom. The largest absolute Gasteiger partial charge is 0.395 e. The lowest BCUT2D eigenvalue weighted by Gasteiger charge is -2.14. The number of rotatable bonds is 6. The molecule has 0 aliphatic rings. The Bertz CT molecular complexity index is 314. The van der Waals surface area contributed by atoms with Crippen molar-refractivity contribution in [2.75, 3.05) is 6.61 Å². The maximum atomic E-state index is 12.4. The summed E-state index contributed by atoms with van der Waals surface area (Å²) in [5.41, 5.74) is 0.848. The molecule has 1 rings (SSSR count). The maximum Gasteiger partial charge on any atom is 0.263 e. The lowest BCUT2D eigenvalue weighted by molar-refractivity contribution is 0.151.